The molecule has 1 amide bonds. The van der Waals surface area contributed by atoms with E-state index in [1.807, 2.05) is 4.90 Å². The fourth-order valence-corrected chi connectivity index (χ4v) is 3.15. The van der Waals surface area contributed by atoms with E-state index in [-0.39, 0.29) is 5.91 Å². The molecule has 1 heterocycles. The van der Waals surface area contributed by atoms with E-state index in [9.17, 15) is 4.79 Å². The molecule has 1 fully saturated rings. The van der Waals surface area contributed by atoms with E-state index < -0.39 is 0 Å². The fraction of sp³-hybridized carbons (Fsp3) is 0.600. The Bertz CT molecular complexity index is 621. The van der Waals surface area contributed by atoms with Crippen molar-refractivity contribution in [3.05, 3.63) is 34.9 Å². The maximum Gasteiger partial charge on any atom is 0.219 e. The molecule has 0 radical (unpaired) electrons. The third kappa shape index (κ3) is 6.33. The van der Waals surface area contributed by atoms with Gasteiger partial charge in [0, 0.05) is 52.7 Å². The predicted molar refractivity (Wildman–Crippen MR) is 107 cm³/mol. The van der Waals surface area contributed by atoms with Crippen molar-refractivity contribution in [2.75, 3.05) is 45.8 Å². The maximum atomic E-state index is 11.4. The molecule has 2 rings (SSSR count). The molecule has 1 aromatic rings. The lowest BCUT2D eigenvalue weighted by Crippen LogP contribution is -2.50. The molecule has 1 aliphatic heterocycles. The molecule has 6 nitrogen and oxygen atoms in total. The van der Waals surface area contributed by atoms with E-state index in [1.54, 1.807) is 6.92 Å². The topological polar surface area (TPSA) is 60.0 Å². The second kappa shape index (κ2) is 10.2. The van der Waals surface area contributed by atoms with E-state index in [1.165, 1.54) is 16.7 Å². The lowest BCUT2D eigenvalue weighted by atomic mass is 10.1. The first-order valence-electron chi connectivity index (χ1n) is 9.55. The Hall–Kier alpha value is -2.08. The number of carbonyl (C=O) groups is 1. The molecule has 2 N–H and O–H groups in total. The quantitative estimate of drug-likeness (QED) is 0.597. The first-order valence-corrected chi connectivity index (χ1v) is 9.55. The van der Waals surface area contributed by atoms with Gasteiger partial charge in [-0.15, -0.1) is 0 Å². The Labute approximate surface area is 157 Å². The average molecular weight is 360 g/mol. The molecule has 0 bridgehead atoms. The van der Waals surface area contributed by atoms with Crippen molar-refractivity contribution in [2.24, 2.45) is 4.99 Å². The molecular formula is C20H33N5O. The van der Waals surface area contributed by atoms with E-state index in [4.69, 9.17) is 4.99 Å². The van der Waals surface area contributed by atoms with Crippen molar-refractivity contribution in [2.45, 2.75) is 34.2 Å². The Morgan fingerprint density at radius 2 is 1.88 bits per heavy atom. The summed E-state index contributed by atoms with van der Waals surface area (Å²) < 4.78 is 0. The molecule has 0 aliphatic carbocycles. The standard InChI is InChI=1S/C20H33N5O/c1-5-21-20(23-15-19-7-6-16(2)14-17(19)3)22-8-9-24-10-12-25(13-11-24)18(4)26/h6-7,14H,5,8-13,15H2,1-4H3,(H2,21,22,23). The van der Waals surface area contributed by atoms with Crippen LogP contribution in [-0.2, 0) is 11.3 Å². The van der Waals surface area contributed by atoms with Gasteiger partial charge in [0.1, 0.15) is 0 Å². The van der Waals surface area contributed by atoms with E-state index in [2.05, 4.69) is 54.5 Å². The van der Waals surface area contributed by atoms with E-state index in [0.717, 1.165) is 51.8 Å². The third-order valence-electron chi connectivity index (χ3n) is 4.79. The van der Waals surface area contributed by atoms with Crippen LogP contribution < -0.4 is 10.6 Å². The molecule has 0 unspecified atom stereocenters. The molecule has 1 saturated heterocycles. The molecule has 6 heteroatoms. The van der Waals surface area contributed by atoms with Gasteiger partial charge in [-0.1, -0.05) is 23.8 Å². The summed E-state index contributed by atoms with van der Waals surface area (Å²) in [6, 6.07) is 6.50. The predicted octanol–water partition coefficient (Wildman–Crippen LogP) is 1.52. The number of amides is 1. The highest BCUT2D eigenvalue weighted by Crippen LogP contribution is 2.11. The summed E-state index contributed by atoms with van der Waals surface area (Å²) in [4.78, 5) is 20.4. The van der Waals surface area contributed by atoms with Crippen LogP contribution in [0.3, 0.4) is 0 Å². The lowest BCUT2D eigenvalue weighted by molar-refractivity contribution is -0.130. The number of carbonyl (C=O) groups excluding carboxylic acids is 1. The van der Waals surface area contributed by atoms with Gasteiger partial charge in [-0.05, 0) is 31.9 Å². The highest BCUT2D eigenvalue weighted by molar-refractivity contribution is 5.79. The number of aryl methyl sites for hydroxylation is 2. The summed E-state index contributed by atoms with van der Waals surface area (Å²) >= 11 is 0. The summed E-state index contributed by atoms with van der Waals surface area (Å²) in [5.74, 6) is 1.03. The van der Waals surface area contributed by atoms with Gasteiger partial charge in [0.25, 0.3) is 0 Å². The van der Waals surface area contributed by atoms with Crippen LogP contribution in [0.25, 0.3) is 0 Å². The zero-order chi connectivity index (χ0) is 18.9. The van der Waals surface area contributed by atoms with Crippen LogP contribution in [-0.4, -0.2) is 67.5 Å². The van der Waals surface area contributed by atoms with Crippen molar-refractivity contribution < 1.29 is 4.79 Å². The van der Waals surface area contributed by atoms with Gasteiger partial charge >= 0.3 is 0 Å². The molecule has 0 spiro atoms. The van der Waals surface area contributed by atoms with Crippen LogP contribution in [0, 0.1) is 13.8 Å². The second-order valence-corrected chi connectivity index (χ2v) is 6.90. The highest BCUT2D eigenvalue weighted by Gasteiger charge is 2.17. The first kappa shape index (κ1) is 20.2. The van der Waals surface area contributed by atoms with Crippen molar-refractivity contribution in [1.29, 1.82) is 0 Å². The van der Waals surface area contributed by atoms with Crippen molar-refractivity contribution in [3.63, 3.8) is 0 Å². The van der Waals surface area contributed by atoms with Gasteiger partial charge in [0.2, 0.25) is 5.91 Å². The van der Waals surface area contributed by atoms with Gasteiger partial charge in [0.05, 0.1) is 6.54 Å². The second-order valence-electron chi connectivity index (χ2n) is 6.90. The SMILES string of the molecule is CCNC(=NCc1ccc(C)cc1C)NCCN1CCN(C(C)=O)CC1. The van der Waals surface area contributed by atoms with Gasteiger partial charge in [-0.3, -0.25) is 9.69 Å². The third-order valence-corrected chi connectivity index (χ3v) is 4.79. The summed E-state index contributed by atoms with van der Waals surface area (Å²) in [6.07, 6.45) is 0. The number of benzene rings is 1. The normalized spacial score (nSPS) is 15.8. The van der Waals surface area contributed by atoms with Crippen LogP contribution >= 0.6 is 0 Å². The van der Waals surface area contributed by atoms with Crippen molar-refractivity contribution >= 4 is 11.9 Å². The smallest absolute Gasteiger partial charge is 0.219 e. The van der Waals surface area contributed by atoms with E-state index >= 15 is 0 Å². The summed E-state index contributed by atoms with van der Waals surface area (Å²) in [7, 11) is 0. The number of piperazine rings is 1. The number of nitrogens with one attached hydrogen (secondary N) is 2. The van der Waals surface area contributed by atoms with Crippen LogP contribution in [0.15, 0.2) is 23.2 Å². The molecule has 0 aromatic heterocycles. The number of aliphatic imine (C=N–C) groups is 1. The van der Waals surface area contributed by atoms with Gasteiger partial charge in [-0.25, -0.2) is 4.99 Å². The summed E-state index contributed by atoms with van der Waals surface area (Å²) in [5, 5.41) is 6.73. The summed E-state index contributed by atoms with van der Waals surface area (Å²) in [5.41, 5.74) is 3.83. The Morgan fingerprint density at radius 1 is 1.15 bits per heavy atom. The highest BCUT2D eigenvalue weighted by atomic mass is 16.2. The molecule has 26 heavy (non-hydrogen) atoms. The lowest BCUT2D eigenvalue weighted by Gasteiger charge is -2.34. The molecule has 144 valence electrons. The monoisotopic (exact) mass is 359 g/mol. The first-order chi connectivity index (χ1) is 12.5. The molecule has 0 atom stereocenters. The van der Waals surface area contributed by atoms with Crippen LogP contribution in [0.2, 0.25) is 0 Å². The number of hydrogen-bond donors (Lipinski definition) is 2. The van der Waals surface area contributed by atoms with Crippen molar-refractivity contribution in [3.8, 4) is 0 Å². The molecular weight excluding hydrogens is 326 g/mol. The zero-order valence-corrected chi connectivity index (χ0v) is 16.6. The van der Waals surface area contributed by atoms with E-state index in [0.29, 0.717) is 6.54 Å². The van der Waals surface area contributed by atoms with Crippen molar-refractivity contribution in [1.82, 2.24) is 20.4 Å². The fourth-order valence-electron chi connectivity index (χ4n) is 3.15. The minimum absolute atomic E-state index is 0.177. The Balaban J connectivity index is 1.79. The number of nitrogens with zero attached hydrogens (tertiary/aromatic N) is 3. The average Bonchev–Trinajstić information content (AvgIpc) is 2.61. The van der Waals surface area contributed by atoms with Gasteiger partial charge < -0.3 is 15.5 Å². The summed E-state index contributed by atoms with van der Waals surface area (Å²) in [6.45, 7) is 14.8. The van der Waals surface area contributed by atoms with Crippen LogP contribution in [0.5, 0.6) is 0 Å². The molecule has 0 saturated carbocycles. The van der Waals surface area contributed by atoms with Crippen LogP contribution in [0.1, 0.15) is 30.5 Å². The molecule has 1 aliphatic rings. The zero-order valence-electron chi connectivity index (χ0n) is 16.6. The minimum Gasteiger partial charge on any atom is -0.357 e. The van der Waals surface area contributed by atoms with Crippen LogP contribution in [0.4, 0.5) is 0 Å². The minimum atomic E-state index is 0.177. The number of guanidine groups is 1. The Kier molecular flexibility index (Phi) is 7.91. The van der Waals surface area contributed by atoms with Gasteiger partial charge in [0.15, 0.2) is 5.96 Å². The number of rotatable bonds is 6. The largest absolute Gasteiger partial charge is 0.357 e. The van der Waals surface area contributed by atoms with Gasteiger partial charge in [-0.2, -0.15) is 0 Å². The number of hydrogen-bond acceptors (Lipinski definition) is 3. The Morgan fingerprint density at radius 3 is 2.50 bits per heavy atom. The maximum absolute atomic E-state index is 11.4. The molecule has 1 aromatic carbocycles.